The van der Waals surface area contributed by atoms with Crippen molar-refractivity contribution in [1.82, 2.24) is 0 Å². The van der Waals surface area contributed by atoms with Gasteiger partial charge in [0.25, 0.3) is 0 Å². The molecule has 3 aromatic carbocycles. The molecule has 3 heteroatoms. The fourth-order valence-corrected chi connectivity index (χ4v) is 3.03. The van der Waals surface area contributed by atoms with E-state index in [1.165, 1.54) is 22.4 Å². The first-order chi connectivity index (χ1) is 12.3. The van der Waals surface area contributed by atoms with Gasteiger partial charge in [0.2, 0.25) is 0 Å². The van der Waals surface area contributed by atoms with Crippen molar-refractivity contribution in [3.8, 4) is 0 Å². The molecule has 136 valence electrons. The Morgan fingerprint density at radius 1 is 0.615 bits per heavy atom. The minimum Gasteiger partial charge on any atom is -0.363 e. The lowest BCUT2D eigenvalue weighted by Crippen LogP contribution is -2.22. The number of nitrogens with zero attached hydrogens (tertiary/aromatic N) is 1. The van der Waals surface area contributed by atoms with Gasteiger partial charge in [0.15, 0.2) is 0 Å². The highest BCUT2D eigenvalue weighted by atomic mass is 35.5. The molecule has 2 N–H and O–H groups in total. The van der Waals surface area contributed by atoms with Gasteiger partial charge in [-0.2, -0.15) is 0 Å². The number of hydrogen-bond acceptors (Lipinski definition) is 2. The minimum atomic E-state index is 0. The Bertz CT molecular complexity index is 701. The molecule has 0 saturated heterocycles. The molecule has 0 aliphatic rings. The average Bonchev–Trinajstić information content (AvgIpc) is 2.68. The van der Waals surface area contributed by atoms with E-state index in [1.807, 2.05) is 0 Å². The molecule has 0 aromatic heterocycles. The Morgan fingerprint density at radius 2 is 1.12 bits per heavy atom. The lowest BCUT2D eigenvalue weighted by Gasteiger charge is -2.25. The van der Waals surface area contributed by atoms with Crippen LogP contribution in [0.2, 0.25) is 0 Å². The molecule has 0 heterocycles. The summed E-state index contributed by atoms with van der Waals surface area (Å²) >= 11 is 0. The molecule has 26 heavy (non-hydrogen) atoms. The van der Waals surface area contributed by atoms with E-state index < -0.39 is 0 Å². The van der Waals surface area contributed by atoms with E-state index in [1.54, 1.807) is 0 Å². The first-order valence-electron chi connectivity index (χ1n) is 8.97. The zero-order valence-electron chi connectivity index (χ0n) is 15.1. The van der Waals surface area contributed by atoms with Crippen LogP contribution in [0.5, 0.6) is 0 Å². The van der Waals surface area contributed by atoms with Gasteiger partial charge in [0, 0.05) is 18.8 Å². The fourth-order valence-electron chi connectivity index (χ4n) is 3.03. The van der Waals surface area contributed by atoms with E-state index in [2.05, 4.69) is 89.8 Å². The molecule has 0 fully saturated rings. The van der Waals surface area contributed by atoms with Gasteiger partial charge in [-0.05, 0) is 48.2 Å². The van der Waals surface area contributed by atoms with E-state index in [-0.39, 0.29) is 12.4 Å². The van der Waals surface area contributed by atoms with Gasteiger partial charge in [-0.3, -0.25) is 0 Å². The lowest BCUT2D eigenvalue weighted by molar-refractivity contribution is 0.797. The highest BCUT2D eigenvalue weighted by molar-refractivity contribution is 5.85. The maximum atomic E-state index is 5.62. The van der Waals surface area contributed by atoms with Crippen LogP contribution in [0.1, 0.15) is 23.1 Å². The quantitative estimate of drug-likeness (QED) is 0.593. The second kappa shape index (κ2) is 10.6. The van der Waals surface area contributed by atoms with Crippen molar-refractivity contribution in [3.63, 3.8) is 0 Å². The first kappa shape index (κ1) is 20.0. The van der Waals surface area contributed by atoms with Crippen LogP contribution < -0.4 is 10.6 Å². The Balaban J connectivity index is 0.00000243. The molecular formula is C23H27ClN2. The van der Waals surface area contributed by atoms with Crippen LogP contribution in [0.15, 0.2) is 84.9 Å². The van der Waals surface area contributed by atoms with Crippen LogP contribution in [0.3, 0.4) is 0 Å². The summed E-state index contributed by atoms with van der Waals surface area (Å²) in [5, 5.41) is 0. The first-order valence-corrected chi connectivity index (χ1v) is 8.97. The summed E-state index contributed by atoms with van der Waals surface area (Å²) in [6.07, 6.45) is 2.09. The van der Waals surface area contributed by atoms with Gasteiger partial charge in [-0.15, -0.1) is 12.4 Å². The second-order valence-electron chi connectivity index (χ2n) is 6.39. The molecule has 3 aromatic rings. The van der Waals surface area contributed by atoms with Crippen molar-refractivity contribution in [2.45, 2.75) is 25.9 Å². The molecule has 0 saturated carbocycles. The van der Waals surface area contributed by atoms with Crippen LogP contribution >= 0.6 is 12.4 Å². The van der Waals surface area contributed by atoms with Crippen LogP contribution in [-0.2, 0) is 19.5 Å². The molecule has 0 radical (unpaired) electrons. The minimum absolute atomic E-state index is 0. The summed E-state index contributed by atoms with van der Waals surface area (Å²) in [7, 11) is 0. The molecule has 0 bridgehead atoms. The summed E-state index contributed by atoms with van der Waals surface area (Å²) in [5.74, 6) is 0. The number of anilines is 1. The number of benzene rings is 3. The molecule has 2 nitrogen and oxygen atoms in total. The zero-order chi connectivity index (χ0) is 17.3. The Morgan fingerprint density at radius 3 is 1.58 bits per heavy atom. The third-order valence-corrected chi connectivity index (χ3v) is 4.40. The monoisotopic (exact) mass is 366 g/mol. The van der Waals surface area contributed by atoms with Crippen LogP contribution in [0.4, 0.5) is 5.69 Å². The third-order valence-electron chi connectivity index (χ3n) is 4.40. The van der Waals surface area contributed by atoms with Crippen LogP contribution in [0.25, 0.3) is 0 Å². The zero-order valence-corrected chi connectivity index (χ0v) is 15.9. The predicted molar refractivity (Wildman–Crippen MR) is 114 cm³/mol. The number of hydrogen-bond donors (Lipinski definition) is 1. The molecule has 0 atom stereocenters. The van der Waals surface area contributed by atoms with Crippen LogP contribution in [-0.4, -0.2) is 6.54 Å². The molecule has 0 aliphatic heterocycles. The van der Waals surface area contributed by atoms with Gasteiger partial charge in [0.05, 0.1) is 0 Å². The van der Waals surface area contributed by atoms with Gasteiger partial charge in [-0.1, -0.05) is 72.8 Å². The summed E-state index contributed by atoms with van der Waals surface area (Å²) in [5.41, 5.74) is 10.9. The van der Waals surface area contributed by atoms with Gasteiger partial charge < -0.3 is 10.6 Å². The SMILES string of the molecule is Cl.NCCCc1ccc(N(Cc2ccccc2)Cc2ccccc2)cc1. The Labute approximate surface area is 163 Å². The van der Waals surface area contributed by atoms with E-state index in [4.69, 9.17) is 5.73 Å². The maximum Gasteiger partial charge on any atom is 0.0433 e. The van der Waals surface area contributed by atoms with E-state index in [0.717, 1.165) is 32.5 Å². The average molecular weight is 367 g/mol. The number of rotatable bonds is 8. The molecular weight excluding hydrogens is 340 g/mol. The number of nitrogens with two attached hydrogens (primary N) is 1. The van der Waals surface area contributed by atoms with Gasteiger partial charge in [-0.25, -0.2) is 0 Å². The van der Waals surface area contributed by atoms with Crippen molar-refractivity contribution in [2.24, 2.45) is 5.73 Å². The number of halogens is 1. The van der Waals surface area contributed by atoms with Crippen molar-refractivity contribution in [2.75, 3.05) is 11.4 Å². The van der Waals surface area contributed by atoms with E-state index >= 15 is 0 Å². The Kier molecular flexibility index (Phi) is 8.20. The van der Waals surface area contributed by atoms with Crippen LogP contribution in [0, 0.1) is 0 Å². The number of aryl methyl sites for hydroxylation is 1. The normalized spacial score (nSPS) is 10.2. The summed E-state index contributed by atoms with van der Waals surface area (Å²) in [6.45, 7) is 2.55. The molecule has 0 amide bonds. The predicted octanol–water partition coefficient (Wildman–Crippen LogP) is 5.21. The largest absolute Gasteiger partial charge is 0.363 e. The summed E-state index contributed by atoms with van der Waals surface area (Å²) in [4.78, 5) is 2.43. The van der Waals surface area contributed by atoms with Crippen molar-refractivity contribution in [3.05, 3.63) is 102 Å². The molecule has 0 unspecified atom stereocenters. The molecule has 0 aliphatic carbocycles. The topological polar surface area (TPSA) is 29.3 Å². The fraction of sp³-hybridized carbons (Fsp3) is 0.217. The van der Waals surface area contributed by atoms with Crippen molar-refractivity contribution >= 4 is 18.1 Å². The highest BCUT2D eigenvalue weighted by Gasteiger charge is 2.08. The van der Waals surface area contributed by atoms with E-state index in [9.17, 15) is 0 Å². The van der Waals surface area contributed by atoms with Gasteiger partial charge >= 0.3 is 0 Å². The summed E-state index contributed by atoms with van der Waals surface area (Å²) in [6, 6.07) is 30.2. The standard InChI is InChI=1S/C23H26N2.ClH/c24-17-7-12-20-13-15-23(16-14-20)25(18-21-8-3-1-4-9-21)19-22-10-5-2-6-11-22;/h1-6,8-11,13-16H,7,12,17-19,24H2;1H. The van der Waals surface area contributed by atoms with Gasteiger partial charge in [0.1, 0.15) is 0 Å². The smallest absolute Gasteiger partial charge is 0.0433 e. The van der Waals surface area contributed by atoms with Crippen molar-refractivity contribution in [1.29, 1.82) is 0 Å². The van der Waals surface area contributed by atoms with Crippen molar-refractivity contribution < 1.29 is 0 Å². The maximum absolute atomic E-state index is 5.62. The third kappa shape index (κ3) is 5.91. The molecule has 0 spiro atoms. The molecule has 3 rings (SSSR count). The second-order valence-corrected chi connectivity index (χ2v) is 6.39. The summed E-state index contributed by atoms with van der Waals surface area (Å²) < 4.78 is 0. The Hall–Kier alpha value is -2.29. The highest BCUT2D eigenvalue weighted by Crippen LogP contribution is 2.21. The van der Waals surface area contributed by atoms with E-state index in [0.29, 0.717) is 0 Å². The lowest BCUT2D eigenvalue weighted by atomic mass is 10.1.